The first-order valence-electron chi connectivity index (χ1n) is 10.9. The van der Waals surface area contributed by atoms with Crippen molar-refractivity contribution in [3.05, 3.63) is 93.7 Å². The normalized spacial score (nSPS) is 12.1. The van der Waals surface area contributed by atoms with Crippen LogP contribution in [-0.2, 0) is 11.2 Å². The monoisotopic (exact) mass is 428 g/mol. The molecule has 1 atom stereocenters. The van der Waals surface area contributed by atoms with Gasteiger partial charge in [0.25, 0.3) is 5.56 Å². The van der Waals surface area contributed by atoms with E-state index in [9.17, 15) is 9.59 Å². The maximum atomic E-state index is 13.3. The molecule has 32 heavy (non-hydrogen) atoms. The van der Waals surface area contributed by atoms with Gasteiger partial charge in [0.15, 0.2) is 0 Å². The van der Waals surface area contributed by atoms with Gasteiger partial charge in [0, 0.05) is 23.3 Å². The van der Waals surface area contributed by atoms with E-state index >= 15 is 0 Å². The van der Waals surface area contributed by atoms with E-state index in [-0.39, 0.29) is 11.5 Å². The third kappa shape index (κ3) is 3.84. The lowest BCUT2D eigenvalue weighted by Gasteiger charge is -2.18. The Morgan fingerprint density at radius 1 is 1.00 bits per heavy atom. The fourth-order valence-electron chi connectivity index (χ4n) is 4.39. The zero-order valence-corrected chi connectivity index (χ0v) is 18.9. The third-order valence-electron chi connectivity index (χ3n) is 6.17. The predicted molar refractivity (Wildman–Crippen MR) is 127 cm³/mol. The van der Waals surface area contributed by atoms with E-state index in [0.29, 0.717) is 17.6 Å². The maximum Gasteiger partial charge on any atom is 0.281 e. The van der Waals surface area contributed by atoms with Crippen LogP contribution in [0.15, 0.2) is 65.6 Å². The maximum absolute atomic E-state index is 13.3. The molecule has 0 fully saturated rings. The highest BCUT2D eigenvalue weighted by molar-refractivity contribution is 5.89. The van der Waals surface area contributed by atoms with Crippen molar-refractivity contribution in [1.29, 1.82) is 0 Å². The van der Waals surface area contributed by atoms with Gasteiger partial charge in [-0.25, -0.2) is 0 Å². The Bertz CT molecular complexity index is 1340. The first kappa shape index (κ1) is 21.6. The van der Waals surface area contributed by atoms with E-state index in [4.69, 9.17) is 0 Å². The van der Waals surface area contributed by atoms with Gasteiger partial charge in [0.1, 0.15) is 6.04 Å². The molecule has 1 N–H and O–H groups in total. The lowest BCUT2D eigenvalue weighted by molar-refractivity contribution is -0.123. The molecule has 164 valence electrons. The molecular weight excluding hydrogens is 400 g/mol. The molecule has 0 radical (unpaired) electrons. The van der Waals surface area contributed by atoms with Crippen LogP contribution in [0.3, 0.4) is 0 Å². The molecule has 6 heteroatoms. The number of rotatable bonds is 6. The number of carbonyl (C=O) groups excluding carboxylic acids is 1. The molecule has 0 aliphatic rings. The Morgan fingerprint density at radius 2 is 1.69 bits per heavy atom. The summed E-state index contributed by atoms with van der Waals surface area (Å²) < 4.78 is 3.35. The van der Waals surface area contributed by atoms with Gasteiger partial charge in [-0.3, -0.25) is 9.59 Å². The fraction of sp³-hybridized carbons (Fsp3) is 0.269. The van der Waals surface area contributed by atoms with Crippen LogP contribution in [0.2, 0.25) is 0 Å². The number of nitrogens with one attached hydrogen (secondary N) is 1. The standard InChI is InChI=1S/C26H28N4O2/c1-17-10-8-9-11-21(17)14-15-27-25(31)20(4)29-18(2)23-16-28-30(22-12-6-5-7-13-22)26(32)24(23)19(29)3/h5-13,16,20H,14-15H2,1-4H3,(H,27,31)/t20-/m0/s1. The third-order valence-corrected chi connectivity index (χ3v) is 6.17. The van der Waals surface area contributed by atoms with Crippen molar-refractivity contribution in [3.8, 4) is 5.69 Å². The molecule has 0 saturated carbocycles. The number of aromatic nitrogens is 3. The first-order valence-corrected chi connectivity index (χ1v) is 10.9. The Morgan fingerprint density at radius 3 is 2.41 bits per heavy atom. The van der Waals surface area contributed by atoms with E-state index in [1.165, 1.54) is 15.8 Å². The number of aryl methyl sites for hydroxylation is 3. The number of fused-ring (bicyclic) bond motifs is 1. The lowest BCUT2D eigenvalue weighted by atomic mass is 10.1. The Kier molecular flexibility index (Phi) is 5.95. The molecule has 2 aromatic heterocycles. The van der Waals surface area contributed by atoms with Gasteiger partial charge < -0.3 is 9.88 Å². The highest BCUT2D eigenvalue weighted by Crippen LogP contribution is 2.26. The van der Waals surface area contributed by atoms with Crippen LogP contribution in [0.1, 0.15) is 35.5 Å². The molecule has 2 heterocycles. The first-order chi connectivity index (χ1) is 15.4. The average molecular weight is 429 g/mol. The predicted octanol–water partition coefficient (Wildman–Crippen LogP) is 4.03. The van der Waals surface area contributed by atoms with Gasteiger partial charge in [0.2, 0.25) is 5.91 Å². The van der Waals surface area contributed by atoms with Crippen molar-refractivity contribution in [2.45, 2.75) is 40.2 Å². The lowest BCUT2D eigenvalue weighted by Crippen LogP contribution is -2.33. The highest BCUT2D eigenvalue weighted by Gasteiger charge is 2.23. The van der Waals surface area contributed by atoms with E-state index < -0.39 is 6.04 Å². The smallest absolute Gasteiger partial charge is 0.281 e. The van der Waals surface area contributed by atoms with Crippen molar-refractivity contribution < 1.29 is 4.79 Å². The van der Waals surface area contributed by atoms with Crippen LogP contribution in [-0.4, -0.2) is 26.8 Å². The highest BCUT2D eigenvalue weighted by atomic mass is 16.2. The zero-order chi connectivity index (χ0) is 22.8. The second-order valence-electron chi connectivity index (χ2n) is 8.17. The van der Waals surface area contributed by atoms with Crippen molar-refractivity contribution in [2.24, 2.45) is 0 Å². The number of hydrogen-bond donors (Lipinski definition) is 1. The van der Waals surface area contributed by atoms with E-state index in [0.717, 1.165) is 23.2 Å². The van der Waals surface area contributed by atoms with Crippen molar-refractivity contribution >= 4 is 16.7 Å². The van der Waals surface area contributed by atoms with E-state index in [2.05, 4.69) is 29.5 Å². The summed E-state index contributed by atoms with van der Waals surface area (Å²) in [6.07, 6.45) is 2.49. The molecule has 0 bridgehead atoms. The van der Waals surface area contributed by atoms with Gasteiger partial charge in [0.05, 0.1) is 17.3 Å². The largest absolute Gasteiger partial charge is 0.354 e. The number of hydrogen-bond acceptors (Lipinski definition) is 3. The molecular formula is C26H28N4O2. The van der Waals surface area contributed by atoms with Crippen molar-refractivity contribution in [1.82, 2.24) is 19.7 Å². The average Bonchev–Trinajstić information content (AvgIpc) is 3.05. The minimum absolute atomic E-state index is 0.0681. The molecule has 4 aromatic rings. The summed E-state index contributed by atoms with van der Waals surface area (Å²) in [7, 11) is 0. The summed E-state index contributed by atoms with van der Waals surface area (Å²) in [5.74, 6) is -0.0681. The minimum Gasteiger partial charge on any atom is -0.354 e. The molecule has 0 aliphatic heterocycles. The quantitative estimate of drug-likeness (QED) is 0.504. The number of para-hydroxylation sites is 1. The molecule has 0 spiro atoms. The second-order valence-corrected chi connectivity index (χ2v) is 8.17. The topological polar surface area (TPSA) is 68.9 Å². The summed E-state index contributed by atoms with van der Waals surface area (Å²) in [6.45, 7) is 8.33. The van der Waals surface area contributed by atoms with E-state index in [1.807, 2.05) is 67.8 Å². The van der Waals surface area contributed by atoms with Crippen molar-refractivity contribution in [3.63, 3.8) is 0 Å². The number of carbonyl (C=O) groups is 1. The van der Waals surface area contributed by atoms with Gasteiger partial charge in [-0.05, 0) is 57.4 Å². The SMILES string of the molecule is Cc1ccccc1CCNC(=O)[C@H](C)n1c(C)c2cnn(-c3ccccc3)c(=O)c2c1C. The summed E-state index contributed by atoms with van der Waals surface area (Å²) in [5, 5.41) is 8.80. The molecule has 0 unspecified atom stereocenters. The van der Waals surface area contributed by atoms with Crippen LogP contribution >= 0.6 is 0 Å². The van der Waals surface area contributed by atoms with Crippen LogP contribution in [0.5, 0.6) is 0 Å². The molecule has 0 saturated heterocycles. The summed E-state index contributed by atoms with van der Waals surface area (Å²) in [4.78, 5) is 26.2. The Balaban J connectivity index is 1.61. The molecule has 4 rings (SSSR count). The Labute approximate surface area is 187 Å². The van der Waals surface area contributed by atoms with Gasteiger partial charge in [-0.15, -0.1) is 0 Å². The van der Waals surface area contributed by atoms with Crippen LogP contribution < -0.4 is 10.9 Å². The number of amides is 1. The molecule has 2 aromatic carbocycles. The second kappa shape index (κ2) is 8.83. The van der Waals surface area contributed by atoms with Gasteiger partial charge in [-0.1, -0.05) is 42.5 Å². The van der Waals surface area contributed by atoms with Gasteiger partial charge in [-0.2, -0.15) is 9.78 Å². The van der Waals surface area contributed by atoms with Crippen molar-refractivity contribution in [2.75, 3.05) is 6.54 Å². The minimum atomic E-state index is -0.441. The summed E-state index contributed by atoms with van der Waals surface area (Å²) in [5.41, 5.74) is 4.62. The number of nitrogens with zero attached hydrogens (tertiary/aromatic N) is 3. The van der Waals surface area contributed by atoms with Crippen LogP contribution in [0.25, 0.3) is 16.5 Å². The molecule has 1 amide bonds. The zero-order valence-electron chi connectivity index (χ0n) is 18.9. The summed E-state index contributed by atoms with van der Waals surface area (Å²) >= 11 is 0. The van der Waals surface area contributed by atoms with Crippen LogP contribution in [0.4, 0.5) is 0 Å². The van der Waals surface area contributed by atoms with E-state index in [1.54, 1.807) is 6.20 Å². The Hall–Kier alpha value is -3.67. The number of benzene rings is 2. The molecule has 6 nitrogen and oxygen atoms in total. The molecule has 0 aliphatic carbocycles. The summed E-state index contributed by atoms with van der Waals surface area (Å²) in [6, 6.07) is 17.1. The van der Waals surface area contributed by atoms with Gasteiger partial charge >= 0.3 is 0 Å². The van der Waals surface area contributed by atoms with Crippen LogP contribution in [0, 0.1) is 20.8 Å². The fourth-order valence-corrected chi connectivity index (χ4v) is 4.39.